The van der Waals surface area contributed by atoms with Crippen molar-refractivity contribution in [2.45, 2.75) is 65.6 Å². The van der Waals surface area contributed by atoms with Crippen LogP contribution in [0.1, 0.15) is 95.9 Å². The smallest absolute Gasteiger partial charge is 0.305 e. The summed E-state index contributed by atoms with van der Waals surface area (Å²) in [4.78, 5) is 48.7. The number of carbonyl (C=O) groups excluding carboxylic acids is 4. The maximum atomic E-state index is 13.3. The Bertz CT molecular complexity index is 963. The standard InChI is InChI=1S/C26H30O6/c1-4-5-6-7-8-13-24(29)20-14-15-25(32-19(3)31-18(2)28)23(16-20)26(30)22-12-10-9-11-21(22)17-27/h9-12,14-17,19H,4-8,13H2,1-3H3. The average Bonchev–Trinajstić information content (AvgIpc) is 2.78. The van der Waals surface area contributed by atoms with Gasteiger partial charge in [-0.2, -0.15) is 0 Å². The summed E-state index contributed by atoms with van der Waals surface area (Å²) in [5.41, 5.74) is 0.982. The fraction of sp³-hybridized carbons (Fsp3) is 0.385. The lowest BCUT2D eigenvalue weighted by Gasteiger charge is -2.17. The molecule has 1 atom stereocenters. The van der Waals surface area contributed by atoms with Gasteiger partial charge in [-0.3, -0.25) is 19.2 Å². The van der Waals surface area contributed by atoms with Gasteiger partial charge in [0.25, 0.3) is 0 Å². The van der Waals surface area contributed by atoms with Gasteiger partial charge < -0.3 is 9.47 Å². The quantitative estimate of drug-likeness (QED) is 0.134. The molecule has 0 aliphatic heterocycles. The van der Waals surface area contributed by atoms with Crippen molar-refractivity contribution in [2.24, 2.45) is 0 Å². The molecule has 0 N–H and O–H groups in total. The molecular formula is C26H30O6. The Morgan fingerprint density at radius 1 is 0.969 bits per heavy atom. The molecule has 1 unspecified atom stereocenters. The zero-order chi connectivity index (χ0) is 23.5. The molecule has 0 saturated heterocycles. The first-order valence-corrected chi connectivity index (χ1v) is 11.0. The van der Waals surface area contributed by atoms with E-state index in [0.29, 0.717) is 18.3 Å². The highest BCUT2D eigenvalue weighted by atomic mass is 16.7. The molecule has 0 fully saturated rings. The molecule has 0 aliphatic carbocycles. The molecule has 6 nitrogen and oxygen atoms in total. The van der Waals surface area contributed by atoms with Crippen molar-refractivity contribution in [1.29, 1.82) is 0 Å². The van der Waals surface area contributed by atoms with Gasteiger partial charge in [-0.1, -0.05) is 56.9 Å². The first kappa shape index (κ1) is 25.0. The molecule has 0 aliphatic rings. The van der Waals surface area contributed by atoms with Crippen LogP contribution in [-0.4, -0.2) is 30.1 Å². The van der Waals surface area contributed by atoms with Crippen LogP contribution >= 0.6 is 0 Å². The van der Waals surface area contributed by atoms with Crippen molar-refractivity contribution in [2.75, 3.05) is 0 Å². The Kier molecular flexibility index (Phi) is 9.79. The van der Waals surface area contributed by atoms with Crippen LogP contribution in [0, 0.1) is 0 Å². The summed E-state index contributed by atoms with van der Waals surface area (Å²) < 4.78 is 10.7. The van der Waals surface area contributed by atoms with E-state index >= 15 is 0 Å². The predicted octanol–water partition coefficient (Wildman–Crippen LogP) is 5.56. The number of ether oxygens (including phenoxy) is 2. The van der Waals surface area contributed by atoms with Crippen LogP contribution in [0.3, 0.4) is 0 Å². The molecule has 2 rings (SSSR count). The average molecular weight is 439 g/mol. The highest BCUT2D eigenvalue weighted by Gasteiger charge is 2.21. The molecule has 0 spiro atoms. The van der Waals surface area contributed by atoms with Crippen LogP contribution in [0.5, 0.6) is 5.75 Å². The summed E-state index contributed by atoms with van der Waals surface area (Å²) in [6.07, 6.45) is 5.23. The topological polar surface area (TPSA) is 86.7 Å². The number of benzene rings is 2. The molecular weight excluding hydrogens is 408 g/mol. The number of unbranched alkanes of at least 4 members (excludes halogenated alkanes) is 4. The van der Waals surface area contributed by atoms with Gasteiger partial charge in [0.05, 0.1) is 5.56 Å². The molecule has 0 amide bonds. The van der Waals surface area contributed by atoms with E-state index in [2.05, 4.69) is 6.92 Å². The molecule has 0 saturated carbocycles. The molecule has 6 heteroatoms. The van der Waals surface area contributed by atoms with Gasteiger partial charge in [0, 0.05) is 37.0 Å². The monoisotopic (exact) mass is 438 g/mol. The Hall–Kier alpha value is -3.28. The SMILES string of the molecule is CCCCCCCC(=O)c1ccc(OC(C)OC(C)=O)c(C(=O)c2ccccc2C=O)c1. The van der Waals surface area contributed by atoms with Crippen molar-refractivity contribution in [3.05, 3.63) is 64.7 Å². The third-order valence-electron chi connectivity index (χ3n) is 5.01. The van der Waals surface area contributed by atoms with E-state index in [1.165, 1.54) is 26.0 Å². The van der Waals surface area contributed by atoms with E-state index in [1.807, 2.05) is 0 Å². The number of carbonyl (C=O) groups is 4. The largest absolute Gasteiger partial charge is 0.454 e. The second kappa shape index (κ2) is 12.5. The van der Waals surface area contributed by atoms with E-state index < -0.39 is 18.0 Å². The summed E-state index contributed by atoms with van der Waals surface area (Å²) in [6, 6.07) is 11.1. The van der Waals surface area contributed by atoms with Crippen LogP contribution in [0.2, 0.25) is 0 Å². The van der Waals surface area contributed by atoms with Crippen molar-refractivity contribution in [1.82, 2.24) is 0 Å². The maximum Gasteiger partial charge on any atom is 0.305 e. The second-order valence-electron chi connectivity index (χ2n) is 7.63. The summed E-state index contributed by atoms with van der Waals surface area (Å²) in [5.74, 6) is -0.857. The first-order chi connectivity index (χ1) is 15.4. The summed E-state index contributed by atoms with van der Waals surface area (Å²) in [7, 11) is 0. The van der Waals surface area contributed by atoms with Crippen molar-refractivity contribution in [3.8, 4) is 5.75 Å². The third-order valence-corrected chi connectivity index (χ3v) is 5.01. The van der Waals surface area contributed by atoms with Crippen LogP contribution in [-0.2, 0) is 9.53 Å². The fourth-order valence-electron chi connectivity index (χ4n) is 3.41. The van der Waals surface area contributed by atoms with E-state index in [0.717, 1.165) is 32.1 Å². The van der Waals surface area contributed by atoms with Gasteiger partial charge in [0.2, 0.25) is 6.29 Å². The Balaban J connectivity index is 2.34. The summed E-state index contributed by atoms with van der Waals surface area (Å²) in [5, 5.41) is 0. The number of hydrogen-bond acceptors (Lipinski definition) is 6. The van der Waals surface area contributed by atoms with E-state index in [1.54, 1.807) is 30.3 Å². The van der Waals surface area contributed by atoms with Crippen LogP contribution in [0.15, 0.2) is 42.5 Å². The van der Waals surface area contributed by atoms with Gasteiger partial charge in [0.15, 0.2) is 17.9 Å². The van der Waals surface area contributed by atoms with Gasteiger partial charge in [-0.15, -0.1) is 0 Å². The Morgan fingerprint density at radius 3 is 2.38 bits per heavy atom. The van der Waals surface area contributed by atoms with Crippen molar-refractivity contribution < 1.29 is 28.7 Å². The lowest BCUT2D eigenvalue weighted by Crippen LogP contribution is -2.21. The van der Waals surface area contributed by atoms with E-state index in [4.69, 9.17) is 9.47 Å². The Labute approximate surface area is 188 Å². The van der Waals surface area contributed by atoms with Crippen LogP contribution in [0.25, 0.3) is 0 Å². The number of ketones is 2. The molecule has 170 valence electrons. The lowest BCUT2D eigenvalue weighted by molar-refractivity contribution is -0.158. The molecule has 0 radical (unpaired) electrons. The molecule has 32 heavy (non-hydrogen) atoms. The highest BCUT2D eigenvalue weighted by molar-refractivity contribution is 6.15. The predicted molar refractivity (Wildman–Crippen MR) is 121 cm³/mol. The van der Waals surface area contributed by atoms with E-state index in [9.17, 15) is 19.2 Å². The lowest BCUT2D eigenvalue weighted by atomic mass is 9.95. The van der Waals surface area contributed by atoms with Crippen LogP contribution in [0.4, 0.5) is 0 Å². The number of rotatable bonds is 13. The molecule has 2 aromatic carbocycles. The minimum atomic E-state index is -0.930. The maximum absolute atomic E-state index is 13.3. The number of hydrogen-bond donors (Lipinski definition) is 0. The van der Waals surface area contributed by atoms with E-state index in [-0.39, 0.29) is 28.2 Å². The number of aldehydes is 1. The van der Waals surface area contributed by atoms with Crippen molar-refractivity contribution >= 4 is 23.8 Å². The number of Topliss-reactive ketones (excluding diaryl/α,β-unsaturated/α-hetero) is 1. The Morgan fingerprint density at radius 2 is 1.69 bits per heavy atom. The van der Waals surface area contributed by atoms with Gasteiger partial charge in [-0.25, -0.2) is 0 Å². The fourth-order valence-corrected chi connectivity index (χ4v) is 3.41. The second-order valence-corrected chi connectivity index (χ2v) is 7.63. The summed E-state index contributed by atoms with van der Waals surface area (Å²) in [6.45, 7) is 4.93. The molecule has 0 bridgehead atoms. The molecule has 0 aromatic heterocycles. The molecule has 2 aromatic rings. The summed E-state index contributed by atoms with van der Waals surface area (Å²) >= 11 is 0. The van der Waals surface area contributed by atoms with Crippen LogP contribution < -0.4 is 4.74 Å². The highest BCUT2D eigenvalue weighted by Crippen LogP contribution is 2.27. The number of esters is 1. The third kappa shape index (κ3) is 7.15. The minimum Gasteiger partial charge on any atom is -0.454 e. The van der Waals surface area contributed by atoms with Gasteiger partial charge >= 0.3 is 5.97 Å². The first-order valence-electron chi connectivity index (χ1n) is 11.0. The van der Waals surface area contributed by atoms with Crippen molar-refractivity contribution in [3.63, 3.8) is 0 Å². The minimum absolute atomic E-state index is 0.0567. The zero-order valence-electron chi connectivity index (χ0n) is 18.9. The van der Waals surface area contributed by atoms with Gasteiger partial charge in [0.1, 0.15) is 5.75 Å². The normalized spacial score (nSPS) is 11.5. The van der Waals surface area contributed by atoms with Gasteiger partial charge in [-0.05, 0) is 24.6 Å². The molecule has 0 heterocycles. The zero-order valence-corrected chi connectivity index (χ0v) is 18.9.